The number of aromatic nitrogens is 2. The van der Waals surface area contributed by atoms with Gasteiger partial charge in [0.05, 0.1) is 17.0 Å². The average molecular weight is 553 g/mol. The summed E-state index contributed by atoms with van der Waals surface area (Å²) in [6.45, 7) is 17.0. The fourth-order valence-corrected chi connectivity index (χ4v) is 5.77. The van der Waals surface area contributed by atoms with Crippen molar-refractivity contribution < 1.29 is 32.1 Å². The lowest BCUT2D eigenvalue weighted by molar-refractivity contribution is -0.135. The number of rotatable bonds is 7. The van der Waals surface area contributed by atoms with Crippen LogP contribution in [0.4, 0.5) is 4.79 Å². The van der Waals surface area contributed by atoms with Crippen LogP contribution in [0.5, 0.6) is 0 Å². The normalized spacial score (nSPS) is 22.0. The lowest BCUT2D eigenvalue weighted by atomic mass is 9.81. The Balaban J connectivity index is 1.71. The summed E-state index contributed by atoms with van der Waals surface area (Å²) in [5, 5.41) is 2.34. The van der Waals surface area contributed by atoms with Gasteiger partial charge >= 0.3 is 13.2 Å². The van der Waals surface area contributed by atoms with Crippen LogP contribution in [0.15, 0.2) is 17.6 Å². The highest BCUT2D eigenvalue weighted by Crippen LogP contribution is 2.36. The number of amides is 2. The van der Waals surface area contributed by atoms with Crippen LogP contribution in [0.1, 0.15) is 75.2 Å². The predicted molar refractivity (Wildman–Crippen MR) is 143 cm³/mol. The largest absolute Gasteiger partial charge is 0.498 e. The Hall–Kier alpha value is -2.25. The molecule has 0 aromatic carbocycles. The average Bonchev–Trinajstić information content (AvgIpc) is 3.30. The number of carbonyl (C=O) groups is 2. The summed E-state index contributed by atoms with van der Waals surface area (Å²) in [6, 6.07) is -1.40. The first-order valence-electron chi connectivity index (χ1n) is 13.0. The van der Waals surface area contributed by atoms with E-state index in [0.29, 0.717) is 24.8 Å². The molecule has 0 aliphatic carbocycles. The number of hydrogen-bond acceptors (Lipinski definition) is 9. The van der Waals surface area contributed by atoms with E-state index < -0.39 is 51.9 Å². The van der Waals surface area contributed by atoms with Crippen LogP contribution in [-0.2, 0) is 28.7 Å². The number of likely N-dealkylation sites (tertiary alicyclic amines) is 1. The molecule has 1 aromatic rings. The van der Waals surface area contributed by atoms with Crippen LogP contribution in [-0.4, -0.2) is 83.6 Å². The minimum Gasteiger partial charge on any atom is -0.444 e. The summed E-state index contributed by atoms with van der Waals surface area (Å²) in [5.74, 6) is -0.870. The number of carbonyl (C=O) groups excluding carboxylic acids is 2. The lowest BCUT2D eigenvalue weighted by Crippen LogP contribution is -2.54. The molecule has 2 amide bonds. The molecule has 2 fully saturated rings. The van der Waals surface area contributed by atoms with E-state index in [1.807, 2.05) is 41.5 Å². The van der Waals surface area contributed by atoms with Gasteiger partial charge in [-0.1, -0.05) is 13.8 Å². The second kappa shape index (κ2) is 10.7. The molecule has 1 aromatic heterocycles. The summed E-state index contributed by atoms with van der Waals surface area (Å²) in [7, 11) is -4.60. The van der Waals surface area contributed by atoms with Crippen molar-refractivity contribution in [2.75, 3.05) is 12.3 Å². The third-order valence-electron chi connectivity index (χ3n) is 7.13. The molecule has 2 aliphatic heterocycles. The van der Waals surface area contributed by atoms with Crippen molar-refractivity contribution in [2.45, 2.75) is 109 Å². The highest BCUT2D eigenvalue weighted by Gasteiger charge is 2.52. The van der Waals surface area contributed by atoms with E-state index in [1.54, 1.807) is 25.7 Å². The van der Waals surface area contributed by atoms with Crippen molar-refractivity contribution in [3.8, 4) is 0 Å². The molecule has 3 heterocycles. The van der Waals surface area contributed by atoms with Gasteiger partial charge in [-0.2, -0.15) is 0 Å². The summed E-state index contributed by atoms with van der Waals surface area (Å²) in [6.07, 6.45) is 3.29. The van der Waals surface area contributed by atoms with Gasteiger partial charge in [0, 0.05) is 30.4 Å². The van der Waals surface area contributed by atoms with Gasteiger partial charge in [-0.15, -0.1) is 0 Å². The van der Waals surface area contributed by atoms with Crippen LogP contribution in [0, 0.1) is 5.92 Å². The van der Waals surface area contributed by atoms with Gasteiger partial charge in [0.2, 0.25) is 20.9 Å². The van der Waals surface area contributed by atoms with Gasteiger partial charge < -0.3 is 24.3 Å². The second-order valence-electron chi connectivity index (χ2n) is 12.4. The first kappa shape index (κ1) is 30.3. The van der Waals surface area contributed by atoms with Crippen LogP contribution in [0.3, 0.4) is 0 Å². The molecule has 0 spiro atoms. The van der Waals surface area contributed by atoms with Crippen LogP contribution >= 0.6 is 0 Å². The monoisotopic (exact) mass is 552 g/mol. The zero-order valence-electron chi connectivity index (χ0n) is 23.9. The van der Waals surface area contributed by atoms with E-state index in [9.17, 15) is 18.0 Å². The standard InChI is InChI=1S/C25H41BN4O7S/c1-16(2)19(29-22(32)35-23(3,4)5)20(31)30-12-10-11-18(30)15-38(33,34)21-27-13-17(14-28-21)26-36-24(6,7)25(8,9)37-26/h13-14,16,18-19H,10-12,15H2,1-9H3,(H,29,32). The molecular formula is C25H41BN4O7S. The van der Waals surface area contributed by atoms with Crippen LogP contribution < -0.4 is 10.8 Å². The fourth-order valence-electron chi connectivity index (χ4n) is 4.34. The zero-order chi connectivity index (χ0) is 28.7. The van der Waals surface area contributed by atoms with Gasteiger partial charge in [0.15, 0.2) is 0 Å². The smallest absolute Gasteiger partial charge is 0.444 e. The number of ether oxygens (including phenoxy) is 1. The molecule has 0 saturated carbocycles. The SMILES string of the molecule is CC(C)C(NC(=O)OC(C)(C)C)C(=O)N1CCCC1CS(=O)(=O)c1ncc(B2OC(C)(C)C(C)(C)O2)cn1. The summed E-state index contributed by atoms with van der Waals surface area (Å²) in [4.78, 5) is 35.5. The maximum Gasteiger partial charge on any atom is 0.498 e. The lowest BCUT2D eigenvalue weighted by Gasteiger charge is -2.32. The minimum absolute atomic E-state index is 0.223. The van der Waals surface area contributed by atoms with Gasteiger partial charge in [-0.05, 0) is 67.2 Å². The topological polar surface area (TPSA) is 137 Å². The van der Waals surface area contributed by atoms with E-state index in [-0.39, 0.29) is 22.7 Å². The van der Waals surface area contributed by atoms with Crippen molar-refractivity contribution in [3.63, 3.8) is 0 Å². The van der Waals surface area contributed by atoms with E-state index in [1.165, 1.54) is 12.4 Å². The Morgan fingerprint density at radius 1 is 1.16 bits per heavy atom. The molecule has 0 radical (unpaired) electrons. The van der Waals surface area contributed by atoms with Crippen molar-refractivity contribution in [1.29, 1.82) is 0 Å². The van der Waals surface area contributed by atoms with E-state index in [0.717, 1.165) is 0 Å². The fraction of sp³-hybridized carbons (Fsp3) is 0.760. The summed E-state index contributed by atoms with van der Waals surface area (Å²) >= 11 is 0. The van der Waals surface area contributed by atoms with Crippen molar-refractivity contribution in [1.82, 2.24) is 20.2 Å². The molecule has 13 heteroatoms. The number of sulfone groups is 1. The summed E-state index contributed by atoms with van der Waals surface area (Å²) < 4.78 is 43.7. The molecule has 212 valence electrons. The number of alkyl carbamates (subject to hydrolysis) is 1. The Labute approximate surface area is 226 Å². The Bertz CT molecular complexity index is 1120. The van der Waals surface area contributed by atoms with Crippen molar-refractivity contribution >= 4 is 34.4 Å². The Morgan fingerprint density at radius 2 is 1.71 bits per heavy atom. The van der Waals surface area contributed by atoms with Crippen molar-refractivity contribution in [2.24, 2.45) is 5.92 Å². The van der Waals surface area contributed by atoms with Crippen LogP contribution in [0.25, 0.3) is 0 Å². The molecule has 1 N–H and O–H groups in total. The molecule has 0 bridgehead atoms. The molecule has 3 rings (SSSR count). The van der Waals surface area contributed by atoms with Crippen LogP contribution in [0.2, 0.25) is 0 Å². The van der Waals surface area contributed by atoms with Crippen molar-refractivity contribution in [3.05, 3.63) is 12.4 Å². The predicted octanol–water partition coefficient (Wildman–Crippen LogP) is 2.09. The maximum atomic E-state index is 13.4. The highest BCUT2D eigenvalue weighted by atomic mass is 32.2. The summed E-state index contributed by atoms with van der Waals surface area (Å²) in [5.41, 5.74) is -1.29. The first-order valence-corrected chi connectivity index (χ1v) is 14.7. The molecule has 2 unspecified atom stereocenters. The molecule has 2 atom stereocenters. The van der Waals surface area contributed by atoms with Gasteiger partial charge in [-0.25, -0.2) is 23.2 Å². The number of nitrogens with zero attached hydrogens (tertiary/aromatic N) is 3. The molecule has 38 heavy (non-hydrogen) atoms. The molecule has 2 saturated heterocycles. The third kappa shape index (κ3) is 6.84. The Morgan fingerprint density at radius 3 is 2.21 bits per heavy atom. The second-order valence-corrected chi connectivity index (χ2v) is 14.3. The molecule has 11 nitrogen and oxygen atoms in total. The maximum absolute atomic E-state index is 13.4. The van der Waals surface area contributed by atoms with E-state index >= 15 is 0 Å². The molecule has 2 aliphatic rings. The van der Waals surface area contributed by atoms with E-state index in [2.05, 4.69) is 15.3 Å². The quantitative estimate of drug-likeness (QED) is 0.398. The van der Waals surface area contributed by atoms with E-state index in [4.69, 9.17) is 14.0 Å². The first-order chi connectivity index (χ1) is 17.3. The number of nitrogens with one attached hydrogen (secondary N) is 1. The zero-order valence-corrected chi connectivity index (χ0v) is 24.7. The number of hydrogen-bond donors (Lipinski definition) is 1. The molecular weight excluding hydrogens is 511 g/mol. The minimum atomic E-state index is -3.90. The van der Waals surface area contributed by atoms with Gasteiger partial charge in [0.1, 0.15) is 11.6 Å². The highest BCUT2D eigenvalue weighted by molar-refractivity contribution is 7.91. The Kier molecular flexibility index (Phi) is 8.55. The third-order valence-corrected chi connectivity index (χ3v) is 8.72. The van der Waals surface area contributed by atoms with Gasteiger partial charge in [0.25, 0.3) is 0 Å². The van der Waals surface area contributed by atoms with Gasteiger partial charge in [-0.3, -0.25) is 4.79 Å².